The molecule has 25 heavy (non-hydrogen) atoms. The largest absolute Gasteiger partial charge is 0.481 e. The van der Waals surface area contributed by atoms with Gasteiger partial charge in [-0.1, -0.05) is 27.7 Å². The van der Waals surface area contributed by atoms with E-state index in [4.69, 9.17) is 5.11 Å². The number of amides is 2. The number of rotatable bonds is 5. The van der Waals surface area contributed by atoms with Gasteiger partial charge in [0, 0.05) is 12.6 Å². The molecule has 0 spiro atoms. The van der Waals surface area contributed by atoms with E-state index in [0.29, 0.717) is 6.54 Å². The van der Waals surface area contributed by atoms with Crippen LogP contribution in [0, 0.1) is 23.2 Å². The van der Waals surface area contributed by atoms with Gasteiger partial charge in [-0.25, -0.2) is 0 Å². The molecule has 1 aliphatic carbocycles. The fourth-order valence-electron chi connectivity index (χ4n) is 4.03. The minimum absolute atomic E-state index is 0.0127. The molecular formula is C16H23F3N2O4. The Morgan fingerprint density at radius 3 is 2.28 bits per heavy atom. The molecule has 6 nitrogen and oxygen atoms in total. The Balaban J connectivity index is 2.18. The zero-order valence-electron chi connectivity index (χ0n) is 14.6. The first-order valence-corrected chi connectivity index (χ1v) is 8.18. The molecule has 1 heterocycles. The molecule has 0 bridgehead atoms. The number of halogens is 3. The molecule has 0 radical (unpaired) electrons. The summed E-state index contributed by atoms with van der Waals surface area (Å²) in [7, 11) is 0. The van der Waals surface area contributed by atoms with E-state index in [2.05, 4.69) is 0 Å². The number of carboxylic acids is 1. The van der Waals surface area contributed by atoms with Crippen molar-refractivity contribution in [2.24, 2.45) is 23.2 Å². The van der Waals surface area contributed by atoms with Gasteiger partial charge in [-0.3, -0.25) is 14.4 Å². The second-order valence-corrected chi connectivity index (χ2v) is 7.80. The zero-order chi connectivity index (χ0) is 19.3. The van der Waals surface area contributed by atoms with Gasteiger partial charge < -0.3 is 15.3 Å². The summed E-state index contributed by atoms with van der Waals surface area (Å²) in [6, 6.07) is -1.90. The number of nitrogens with zero attached hydrogens (tertiary/aromatic N) is 1. The summed E-state index contributed by atoms with van der Waals surface area (Å²) in [5, 5.41) is 10.9. The summed E-state index contributed by atoms with van der Waals surface area (Å²) in [5.74, 6) is -4.30. The fourth-order valence-corrected chi connectivity index (χ4v) is 4.03. The Hall–Kier alpha value is -1.80. The third kappa shape index (κ3) is 3.59. The lowest BCUT2D eigenvalue weighted by molar-refractivity contribution is -0.175. The molecule has 2 amide bonds. The smallest absolute Gasteiger partial charge is 0.471 e. The van der Waals surface area contributed by atoms with Gasteiger partial charge in [0.05, 0.1) is 6.42 Å². The minimum atomic E-state index is -5.08. The molecule has 2 fully saturated rings. The van der Waals surface area contributed by atoms with Crippen LogP contribution < -0.4 is 5.32 Å². The van der Waals surface area contributed by atoms with Gasteiger partial charge in [-0.2, -0.15) is 13.2 Å². The lowest BCUT2D eigenvalue weighted by Gasteiger charge is -2.34. The van der Waals surface area contributed by atoms with Gasteiger partial charge >= 0.3 is 18.1 Å². The standard InChI is InChI=1S/C16H23F3N2O4/c1-7(2)12(20-14(25)16(17,18)19)13(24)21-6-8-11(15(8,3)4)9(21)5-10(22)23/h7-9,11-12H,5-6H2,1-4H3,(H,20,25)(H,22,23)/t8-,9+,11-,12-/m0/s1. The number of carbonyl (C=O) groups excluding carboxylic acids is 2. The van der Waals surface area contributed by atoms with Crippen LogP contribution >= 0.6 is 0 Å². The van der Waals surface area contributed by atoms with Gasteiger partial charge in [-0.05, 0) is 23.2 Å². The van der Waals surface area contributed by atoms with E-state index in [1.807, 2.05) is 13.8 Å². The maximum absolute atomic E-state index is 12.8. The summed E-state index contributed by atoms with van der Waals surface area (Å²) in [6.07, 6.45) is -5.34. The first-order chi connectivity index (χ1) is 11.3. The van der Waals surface area contributed by atoms with Crippen LogP contribution in [0.2, 0.25) is 0 Å². The highest BCUT2D eigenvalue weighted by Crippen LogP contribution is 2.65. The highest BCUT2D eigenvalue weighted by Gasteiger charge is 2.67. The summed E-state index contributed by atoms with van der Waals surface area (Å²) in [5.41, 5.74) is -0.0839. The van der Waals surface area contributed by atoms with Crippen molar-refractivity contribution in [2.75, 3.05) is 6.54 Å². The number of alkyl halides is 3. The molecular weight excluding hydrogens is 341 g/mol. The summed E-state index contributed by atoms with van der Waals surface area (Å²) < 4.78 is 37.6. The maximum atomic E-state index is 12.8. The number of fused-ring (bicyclic) bond motifs is 1. The van der Waals surface area contributed by atoms with Crippen molar-refractivity contribution in [1.82, 2.24) is 10.2 Å². The Morgan fingerprint density at radius 1 is 1.28 bits per heavy atom. The summed E-state index contributed by atoms with van der Waals surface area (Å²) in [6.45, 7) is 7.35. The molecule has 1 aliphatic heterocycles. The molecule has 1 saturated carbocycles. The average molecular weight is 364 g/mol. The van der Waals surface area contributed by atoms with Gasteiger partial charge in [0.15, 0.2) is 0 Å². The fraction of sp³-hybridized carbons (Fsp3) is 0.812. The van der Waals surface area contributed by atoms with Gasteiger partial charge in [0.2, 0.25) is 5.91 Å². The topological polar surface area (TPSA) is 86.7 Å². The Labute approximate surface area is 143 Å². The number of carboxylic acid groups (broad SMARTS) is 1. The van der Waals surface area contributed by atoms with Crippen LogP contribution in [0.25, 0.3) is 0 Å². The molecule has 9 heteroatoms. The SMILES string of the molecule is CC(C)[C@H](NC(=O)C(F)(F)F)C(=O)N1C[C@H]2[C@@H]([C@H]1CC(=O)O)C2(C)C. The van der Waals surface area contributed by atoms with E-state index in [1.54, 1.807) is 5.32 Å². The number of likely N-dealkylation sites (tertiary alicyclic amines) is 1. The molecule has 2 rings (SSSR count). The average Bonchev–Trinajstić information content (AvgIpc) is 2.77. The second kappa shape index (κ2) is 6.17. The van der Waals surface area contributed by atoms with Crippen molar-refractivity contribution >= 4 is 17.8 Å². The van der Waals surface area contributed by atoms with E-state index in [9.17, 15) is 27.6 Å². The van der Waals surface area contributed by atoms with E-state index in [0.717, 1.165) is 0 Å². The minimum Gasteiger partial charge on any atom is -0.481 e. The number of carbonyl (C=O) groups is 3. The van der Waals surface area contributed by atoms with Crippen molar-refractivity contribution in [1.29, 1.82) is 0 Å². The van der Waals surface area contributed by atoms with Crippen LogP contribution in [-0.2, 0) is 14.4 Å². The number of hydrogen-bond acceptors (Lipinski definition) is 3. The van der Waals surface area contributed by atoms with Crippen LogP contribution in [0.1, 0.15) is 34.1 Å². The number of piperidine rings is 1. The second-order valence-electron chi connectivity index (χ2n) is 7.80. The molecule has 4 atom stereocenters. The molecule has 2 N–H and O–H groups in total. The van der Waals surface area contributed by atoms with E-state index < -0.39 is 42.0 Å². The first kappa shape index (κ1) is 19.5. The van der Waals surface area contributed by atoms with Crippen molar-refractivity contribution in [2.45, 2.75) is 52.4 Å². The number of nitrogens with one attached hydrogen (secondary N) is 1. The molecule has 0 aromatic carbocycles. The first-order valence-electron chi connectivity index (χ1n) is 8.18. The normalized spacial score (nSPS) is 28.5. The van der Waals surface area contributed by atoms with Crippen LogP contribution in [-0.4, -0.2) is 52.6 Å². The Morgan fingerprint density at radius 2 is 1.84 bits per heavy atom. The predicted octanol–water partition coefficient (Wildman–Crippen LogP) is 1.65. The lowest BCUT2D eigenvalue weighted by atomic mass is 9.96. The summed E-state index contributed by atoms with van der Waals surface area (Å²) in [4.78, 5) is 36.5. The third-order valence-electron chi connectivity index (χ3n) is 5.49. The van der Waals surface area contributed by atoms with E-state index in [-0.39, 0.29) is 23.7 Å². The monoisotopic (exact) mass is 364 g/mol. The highest BCUT2D eigenvalue weighted by molar-refractivity contribution is 5.90. The molecule has 0 unspecified atom stereocenters. The van der Waals surface area contributed by atoms with Gasteiger partial charge in [0.25, 0.3) is 0 Å². The Kier molecular flexibility index (Phi) is 4.82. The van der Waals surface area contributed by atoms with Crippen molar-refractivity contribution in [3.63, 3.8) is 0 Å². The Bertz CT molecular complexity index is 588. The van der Waals surface area contributed by atoms with Crippen molar-refractivity contribution in [3.05, 3.63) is 0 Å². The molecule has 0 aromatic rings. The molecule has 2 aliphatic rings. The van der Waals surface area contributed by atoms with Crippen LogP contribution in [0.3, 0.4) is 0 Å². The van der Waals surface area contributed by atoms with Gasteiger partial charge in [-0.15, -0.1) is 0 Å². The van der Waals surface area contributed by atoms with Crippen LogP contribution in [0.4, 0.5) is 13.2 Å². The van der Waals surface area contributed by atoms with Crippen molar-refractivity contribution in [3.8, 4) is 0 Å². The zero-order valence-corrected chi connectivity index (χ0v) is 14.6. The lowest BCUT2D eigenvalue weighted by Crippen LogP contribution is -2.56. The molecule has 0 aromatic heterocycles. The van der Waals surface area contributed by atoms with Crippen molar-refractivity contribution < 1.29 is 32.7 Å². The third-order valence-corrected chi connectivity index (χ3v) is 5.49. The van der Waals surface area contributed by atoms with Crippen LogP contribution in [0.15, 0.2) is 0 Å². The maximum Gasteiger partial charge on any atom is 0.471 e. The number of aliphatic carboxylic acids is 1. The predicted molar refractivity (Wildman–Crippen MR) is 81.3 cm³/mol. The van der Waals surface area contributed by atoms with E-state index in [1.165, 1.54) is 18.7 Å². The highest BCUT2D eigenvalue weighted by atomic mass is 19.4. The van der Waals surface area contributed by atoms with Crippen LogP contribution in [0.5, 0.6) is 0 Å². The van der Waals surface area contributed by atoms with E-state index >= 15 is 0 Å². The molecule has 142 valence electrons. The van der Waals surface area contributed by atoms with Gasteiger partial charge in [0.1, 0.15) is 6.04 Å². The molecule has 1 saturated heterocycles. The quantitative estimate of drug-likeness (QED) is 0.777. The summed E-state index contributed by atoms with van der Waals surface area (Å²) >= 11 is 0. The number of hydrogen-bond donors (Lipinski definition) is 2.